The zero-order valence-corrected chi connectivity index (χ0v) is 14.3. The minimum Gasteiger partial charge on any atom is -0.508 e. The minimum atomic E-state index is -0.0152. The van der Waals surface area contributed by atoms with Crippen LogP contribution in [0.2, 0.25) is 0 Å². The van der Waals surface area contributed by atoms with Crippen LogP contribution in [0.3, 0.4) is 0 Å². The summed E-state index contributed by atoms with van der Waals surface area (Å²) in [6, 6.07) is 8.79. The normalized spacial score (nSPS) is 20.8. The van der Waals surface area contributed by atoms with Crippen molar-refractivity contribution >= 4 is 12.4 Å². The number of hydrogen-bond donors (Lipinski definition) is 4. The largest absolute Gasteiger partial charge is 0.508 e. The molecule has 6 nitrogen and oxygen atoms in total. The molecule has 136 valence electrons. The van der Waals surface area contributed by atoms with Gasteiger partial charge in [-0.15, -0.1) is 0 Å². The number of nitrogens with zero attached hydrogens (tertiary/aromatic N) is 2. The second kappa shape index (κ2) is 7.91. The molecule has 2 aromatic rings. The maximum absolute atomic E-state index is 9.86. The van der Waals surface area contributed by atoms with Crippen molar-refractivity contribution in [3.8, 4) is 23.0 Å². The van der Waals surface area contributed by atoms with Gasteiger partial charge >= 0.3 is 0 Å². The van der Waals surface area contributed by atoms with Crippen LogP contribution in [-0.4, -0.2) is 44.9 Å². The van der Waals surface area contributed by atoms with Gasteiger partial charge in [0.05, 0.1) is 12.1 Å². The molecule has 0 bridgehead atoms. The van der Waals surface area contributed by atoms with Crippen LogP contribution in [0.1, 0.15) is 36.8 Å². The molecule has 0 spiro atoms. The first-order valence-corrected chi connectivity index (χ1v) is 8.63. The Labute approximate surface area is 151 Å². The number of aliphatic imine (C=N–C) groups is 2. The fraction of sp³-hybridized carbons (Fsp3) is 0.300. The first-order valence-electron chi connectivity index (χ1n) is 8.63. The summed E-state index contributed by atoms with van der Waals surface area (Å²) in [4.78, 5) is 9.18. The Balaban J connectivity index is 1.75. The van der Waals surface area contributed by atoms with E-state index in [9.17, 15) is 20.4 Å². The molecule has 6 heteroatoms. The minimum absolute atomic E-state index is 0.00698. The summed E-state index contributed by atoms with van der Waals surface area (Å²) >= 11 is 0. The standard InChI is InChI=1S/C20H22N2O4/c23-15-7-5-13(19(25)9-15)11-21-17-3-1-2-4-18(17)22-12-14-6-8-16(24)10-20(14)26/h5-12,17-18,23-26H,1-4H2. The van der Waals surface area contributed by atoms with Crippen molar-refractivity contribution in [3.63, 3.8) is 0 Å². The number of benzene rings is 2. The summed E-state index contributed by atoms with van der Waals surface area (Å²) in [5, 5.41) is 38.4. The van der Waals surface area contributed by atoms with Crippen LogP contribution >= 0.6 is 0 Å². The van der Waals surface area contributed by atoms with Crippen LogP contribution in [0, 0.1) is 0 Å². The third-order valence-corrected chi connectivity index (χ3v) is 4.53. The molecule has 1 fully saturated rings. The van der Waals surface area contributed by atoms with Gasteiger partial charge in [0, 0.05) is 35.7 Å². The molecule has 0 aromatic heterocycles. The monoisotopic (exact) mass is 354 g/mol. The smallest absolute Gasteiger partial charge is 0.128 e. The maximum Gasteiger partial charge on any atom is 0.128 e. The van der Waals surface area contributed by atoms with Gasteiger partial charge in [0.25, 0.3) is 0 Å². The number of hydrogen-bond acceptors (Lipinski definition) is 6. The lowest BCUT2D eigenvalue weighted by Gasteiger charge is -2.25. The Morgan fingerprint density at radius 1 is 0.692 bits per heavy atom. The Morgan fingerprint density at radius 2 is 1.12 bits per heavy atom. The highest BCUT2D eigenvalue weighted by Crippen LogP contribution is 2.26. The van der Waals surface area contributed by atoms with E-state index in [1.807, 2.05) is 0 Å². The number of phenolic OH excluding ortho intramolecular Hbond substituents is 4. The van der Waals surface area contributed by atoms with Crippen molar-refractivity contribution in [3.05, 3.63) is 47.5 Å². The molecule has 0 amide bonds. The van der Waals surface area contributed by atoms with Gasteiger partial charge in [0.1, 0.15) is 23.0 Å². The molecule has 1 aliphatic rings. The summed E-state index contributed by atoms with van der Waals surface area (Å²) in [6.07, 6.45) is 7.18. The lowest BCUT2D eigenvalue weighted by Crippen LogP contribution is -2.27. The molecule has 3 rings (SSSR count). The van der Waals surface area contributed by atoms with Crippen LogP contribution in [0.4, 0.5) is 0 Å². The molecule has 0 saturated heterocycles. The van der Waals surface area contributed by atoms with Gasteiger partial charge in [-0.25, -0.2) is 0 Å². The summed E-state index contributed by atoms with van der Waals surface area (Å²) in [7, 11) is 0. The second-order valence-electron chi connectivity index (χ2n) is 6.46. The van der Waals surface area contributed by atoms with Crippen molar-refractivity contribution < 1.29 is 20.4 Å². The molecular weight excluding hydrogens is 332 g/mol. The Kier molecular flexibility index (Phi) is 5.41. The Bertz CT molecular complexity index is 763. The van der Waals surface area contributed by atoms with Gasteiger partial charge in [-0.1, -0.05) is 12.8 Å². The molecule has 0 aliphatic heterocycles. The van der Waals surface area contributed by atoms with Crippen molar-refractivity contribution in [2.24, 2.45) is 9.98 Å². The first kappa shape index (κ1) is 17.8. The molecule has 4 N–H and O–H groups in total. The van der Waals surface area contributed by atoms with Gasteiger partial charge in [0.15, 0.2) is 0 Å². The van der Waals surface area contributed by atoms with Gasteiger partial charge in [-0.05, 0) is 37.1 Å². The summed E-state index contributed by atoms with van der Waals surface area (Å²) in [5.74, 6) is -0.0146. The van der Waals surface area contributed by atoms with E-state index in [-0.39, 0.29) is 35.1 Å². The van der Waals surface area contributed by atoms with E-state index in [1.165, 1.54) is 24.3 Å². The van der Waals surface area contributed by atoms with E-state index >= 15 is 0 Å². The van der Waals surface area contributed by atoms with E-state index < -0.39 is 0 Å². The molecule has 2 aromatic carbocycles. The van der Waals surface area contributed by atoms with Crippen molar-refractivity contribution in [1.29, 1.82) is 0 Å². The number of phenols is 4. The zero-order valence-electron chi connectivity index (χ0n) is 14.3. The highest BCUT2D eigenvalue weighted by molar-refractivity contribution is 5.84. The molecule has 26 heavy (non-hydrogen) atoms. The average Bonchev–Trinajstić information content (AvgIpc) is 2.61. The van der Waals surface area contributed by atoms with E-state index in [0.717, 1.165) is 25.7 Å². The average molecular weight is 354 g/mol. The SMILES string of the molecule is Oc1ccc(C=NC2CCCCC2N=Cc2ccc(O)cc2O)c(O)c1. The lowest BCUT2D eigenvalue weighted by molar-refractivity contribution is 0.390. The van der Waals surface area contributed by atoms with Gasteiger partial charge in [-0.3, -0.25) is 9.98 Å². The van der Waals surface area contributed by atoms with Crippen LogP contribution < -0.4 is 0 Å². The topological polar surface area (TPSA) is 106 Å². The Morgan fingerprint density at radius 3 is 1.50 bits per heavy atom. The van der Waals surface area contributed by atoms with Crippen LogP contribution in [0.5, 0.6) is 23.0 Å². The number of rotatable bonds is 4. The number of aromatic hydroxyl groups is 4. The maximum atomic E-state index is 9.86. The van der Waals surface area contributed by atoms with Gasteiger partial charge < -0.3 is 20.4 Å². The fourth-order valence-electron chi connectivity index (χ4n) is 3.07. The van der Waals surface area contributed by atoms with Gasteiger partial charge in [-0.2, -0.15) is 0 Å². The highest BCUT2D eigenvalue weighted by atomic mass is 16.3. The predicted molar refractivity (Wildman–Crippen MR) is 101 cm³/mol. The van der Waals surface area contributed by atoms with Crippen molar-refractivity contribution in [2.75, 3.05) is 0 Å². The van der Waals surface area contributed by atoms with Crippen molar-refractivity contribution in [2.45, 2.75) is 37.8 Å². The first-order chi connectivity index (χ1) is 12.5. The summed E-state index contributed by atoms with van der Waals surface area (Å²) < 4.78 is 0. The van der Waals surface area contributed by atoms with Crippen LogP contribution in [0.15, 0.2) is 46.4 Å². The zero-order chi connectivity index (χ0) is 18.5. The van der Waals surface area contributed by atoms with Gasteiger partial charge in [0.2, 0.25) is 0 Å². The quantitative estimate of drug-likeness (QED) is 0.632. The van der Waals surface area contributed by atoms with E-state index in [1.54, 1.807) is 24.6 Å². The molecule has 2 unspecified atom stereocenters. The molecule has 0 radical (unpaired) electrons. The molecule has 2 atom stereocenters. The van der Waals surface area contributed by atoms with Crippen molar-refractivity contribution in [1.82, 2.24) is 0 Å². The lowest BCUT2D eigenvalue weighted by atomic mass is 9.91. The van der Waals surface area contributed by atoms with E-state index in [2.05, 4.69) is 9.98 Å². The highest BCUT2D eigenvalue weighted by Gasteiger charge is 2.23. The molecule has 0 heterocycles. The fourth-order valence-corrected chi connectivity index (χ4v) is 3.07. The van der Waals surface area contributed by atoms with E-state index in [0.29, 0.717) is 11.1 Å². The molecular formula is C20H22N2O4. The third-order valence-electron chi connectivity index (χ3n) is 4.53. The summed E-state index contributed by atoms with van der Waals surface area (Å²) in [6.45, 7) is 0. The summed E-state index contributed by atoms with van der Waals surface area (Å²) in [5.41, 5.74) is 1.10. The predicted octanol–water partition coefficient (Wildman–Crippen LogP) is 3.36. The Hall–Kier alpha value is -3.02. The van der Waals surface area contributed by atoms with E-state index in [4.69, 9.17) is 0 Å². The molecule has 1 saturated carbocycles. The van der Waals surface area contributed by atoms with Crippen LogP contribution in [0.25, 0.3) is 0 Å². The third kappa shape index (κ3) is 4.33. The second-order valence-corrected chi connectivity index (χ2v) is 6.46. The molecule has 1 aliphatic carbocycles. The van der Waals surface area contributed by atoms with Crippen LogP contribution in [-0.2, 0) is 0 Å².